The van der Waals surface area contributed by atoms with E-state index in [1.165, 1.54) is 36.6 Å². The van der Waals surface area contributed by atoms with Crippen molar-refractivity contribution in [3.05, 3.63) is 62.5 Å². The first kappa shape index (κ1) is 18.9. The molecule has 2 aromatic heterocycles. The van der Waals surface area contributed by atoms with Crippen molar-refractivity contribution in [2.24, 2.45) is 0 Å². The van der Waals surface area contributed by atoms with Crippen LogP contribution in [0.4, 0.5) is 0 Å². The van der Waals surface area contributed by atoms with E-state index in [2.05, 4.69) is 10.1 Å². The van der Waals surface area contributed by atoms with Crippen LogP contribution in [0.1, 0.15) is 31.4 Å². The van der Waals surface area contributed by atoms with E-state index in [4.69, 9.17) is 9.47 Å². The first-order valence-corrected chi connectivity index (χ1v) is 9.28. The molecule has 3 aromatic rings. The van der Waals surface area contributed by atoms with E-state index in [1.54, 1.807) is 12.1 Å². The molecule has 3 heterocycles. The summed E-state index contributed by atoms with van der Waals surface area (Å²) in [7, 11) is 1.52. The first-order chi connectivity index (χ1) is 14.0. The van der Waals surface area contributed by atoms with Gasteiger partial charge >= 0.3 is 5.97 Å². The molecule has 0 bridgehead atoms. The molecule has 1 aliphatic rings. The number of hydrogen-bond acceptors (Lipinski definition) is 9. The summed E-state index contributed by atoms with van der Waals surface area (Å²) in [6.45, 7) is -0.546. The summed E-state index contributed by atoms with van der Waals surface area (Å²) >= 11 is 1.18. The molecule has 0 unspecified atom stereocenters. The van der Waals surface area contributed by atoms with Gasteiger partial charge in [0.2, 0.25) is 4.96 Å². The number of esters is 1. The van der Waals surface area contributed by atoms with Gasteiger partial charge in [-0.25, -0.2) is 4.98 Å². The molecular formula is C18H14N4O6S. The molecule has 0 N–H and O–H groups in total. The van der Waals surface area contributed by atoms with Crippen LogP contribution in [0.25, 0.3) is 4.96 Å². The van der Waals surface area contributed by atoms with Crippen LogP contribution < -0.4 is 5.56 Å². The van der Waals surface area contributed by atoms with Crippen LogP contribution in [-0.2, 0) is 27.5 Å². The lowest BCUT2D eigenvalue weighted by atomic mass is 10.1. The average Bonchev–Trinajstić information content (AvgIpc) is 3.22. The summed E-state index contributed by atoms with van der Waals surface area (Å²) < 4.78 is 11.2. The summed E-state index contributed by atoms with van der Waals surface area (Å²) in [5.41, 5.74) is 0.323. The van der Waals surface area contributed by atoms with Gasteiger partial charge in [0.1, 0.15) is 18.2 Å². The first-order valence-electron chi connectivity index (χ1n) is 8.46. The molecule has 1 aromatic carbocycles. The van der Waals surface area contributed by atoms with Crippen molar-refractivity contribution in [3.8, 4) is 0 Å². The normalized spacial score (nSPS) is 13.2. The number of nitrogens with zero attached hydrogens (tertiary/aromatic N) is 4. The molecular weight excluding hydrogens is 400 g/mol. The highest BCUT2D eigenvalue weighted by Crippen LogP contribution is 2.22. The van der Waals surface area contributed by atoms with Gasteiger partial charge in [0, 0.05) is 13.2 Å². The fourth-order valence-corrected chi connectivity index (χ4v) is 3.75. The molecule has 11 heteroatoms. The number of benzene rings is 1. The van der Waals surface area contributed by atoms with Crippen molar-refractivity contribution in [2.45, 2.75) is 13.2 Å². The molecule has 0 aliphatic carbocycles. The minimum Gasteiger partial charge on any atom is -0.458 e. The highest BCUT2D eigenvalue weighted by atomic mass is 32.1. The van der Waals surface area contributed by atoms with Gasteiger partial charge in [0.15, 0.2) is 0 Å². The zero-order valence-corrected chi connectivity index (χ0v) is 16.0. The van der Waals surface area contributed by atoms with Crippen LogP contribution in [0.3, 0.4) is 0 Å². The number of amides is 2. The number of fused-ring (bicyclic) bond motifs is 2. The Labute approximate surface area is 167 Å². The third-order valence-electron chi connectivity index (χ3n) is 4.15. The van der Waals surface area contributed by atoms with E-state index in [9.17, 15) is 19.2 Å². The second kappa shape index (κ2) is 7.53. The number of imide groups is 1. The van der Waals surface area contributed by atoms with Gasteiger partial charge in [-0.3, -0.25) is 24.1 Å². The monoisotopic (exact) mass is 414 g/mol. The Kier molecular flexibility index (Phi) is 4.91. The zero-order valence-electron chi connectivity index (χ0n) is 15.2. The van der Waals surface area contributed by atoms with Crippen molar-refractivity contribution in [1.82, 2.24) is 19.5 Å². The standard InChI is InChI=1S/C18H14N4O6S/c1-27-9-13-20-22-14(23)6-10(19-18(22)29-13)8-28-15(24)7-21-16(25)11-4-2-3-5-12(11)17(21)26/h2-6H,7-9H2,1H3. The van der Waals surface area contributed by atoms with Crippen LogP contribution in [-0.4, -0.2) is 50.9 Å². The maximum Gasteiger partial charge on any atom is 0.326 e. The minimum atomic E-state index is -0.786. The van der Waals surface area contributed by atoms with E-state index in [-0.39, 0.29) is 30.0 Å². The van der Waals surface area contributed by atoms with Crippen molar-refractivity contribution in [2.75, 3.05) is 13.7 Å². The van der Waals surface area contributed by atoms with Gasteiger partial charge in [-0.15, -0.1) is 0 Å². The lowest BCUT2D eigenvalue weighted by molar-refractivity contribution is -0.145. The molecule has 10 nitrogen and oxygen atoms in total. The van der Waals surface area contributed by atoms with Crippen LogP contribution in [0.15, 0.2) is 35.1 Å². The molecule has 0 spiro atoms. The Balaban J connectivity index is 1.43. The van der Waals surface area contributed by atoms with E-state index in [0.717, 1.165) is 9.42 Å². The highest BCUT2D eigenvalue weighted by molar-refractivity contribution is 7.16. The number of rotatable bonds is 6. The maximum absolute atomic E-state index is 12.3. The molecule has 0 saturated carbocycles. The lowest BCUT2D eigenvalue weighted by Gasteiger charge is -2.12. The predicted molar refractivity (Wildman–Crippen MR) is 99.5 cm³/mol. The van der Waals surface area contributed by atoms with Gasteiger partial charge < -0.3 is 9.47 Å². The van der Waals surface area contributed by atoms with Crippen molar-refractivity contribution in [1.29, 1.82) is 0 Å². The van der Waals surface area contributed by atoms with Crippen LogP contribution in [0, 0.1) is 0 Å². The molecule has 0 radical (unpaired) electrons. The Morgan fingerprint density at radius 1 is 1.10 bits per heavy atom. The Morgan fingerprint density at radius 2 is 1.79 bits per heavy atom. The van der Waals surface area contributed by atoms with Crippen molar-refractivity contribution >= 4 is 34.1 Å². The molecule has 0 atom stereocenters. The summed E-state index contributed by atoms with van der Waals surface area (Å²) in [6.07, 6.45) is 0. The third kappa shape index (κ3) is 3.52. The third-order valence-corrected chi connectivity index (χ3v) is 5.04. The predicted octanol–water partition coefficient (Wildman–Crippen LogP) is 0.637. The quantitative estimate of drug-likeness (QED) is 0.426. The molecule has 0 fully saturated rings. The summed E-state index contributed by atoms with van der Waals surface area (Å²) in [4.78, 5) is 54.3. The molecule has 1 aliphatic heterocycles. The number of carbonyl (C=O) groups is 3. The largest absolute Gasteiger partial charge is 0.458 e. The lowest BCUT2D eigenvalue weighted by Crippen LogP contribution is -2.35. The maximum atomic E-state index is 12.3. The van der Waals surface area contributed by atoms with Gasteiger partial charge in [-0.05, 0) is 12.1 Å². The number of methoxy groups -OCH3 is 1. The number of carbonyl (C=O) groups excluding carboxylic acids is 3. The second-order valence-electron chi connectivity index (χ2n) is 6.11. The van der Waals surface area contributed by atoms with Gasteiger partial charge in [0.05, 0.1) is 23.4 Å². The zero-order chi connectivity index (χ0) is 20.5. The molecule has 148 valence electrons. The van der Waals surface area contributed by atoms with Gasteiger partial charge in [-0.1, -0.05) is 23.5 Å². The van der Waals surface area contributed by atoms with Crippen LogP contribution in [0.2, 0.25) is 0 Å². The molecule has 0 saturated heterocycles. The van der Waals surface area contributed by atoms with Gasteiger partial charge in [0.25, 0.3) is 17.4 Å². The minimum absolute atomic E-state index is 0.235. The second-order valence-corrected chi connectivity index (χ2v) is 7.15. The smallest absolute Gasteiger partial charge is 0.326 e. The Hall–Kier alpha value is -3.44. The highest BCUT2D eigenvalue weighted by Gasteiger charge is 2.36. The van der Waals surface area contributed by atoms with Gasteiger partial charge in [-0.2, -0.15) is 9.61 Å². The summed E-state index contributed by atoms with van der Waals surface area (Å²) in [5, 5.41) is 4.67. The van der Waals surface area contributed by atoms with Crippen molar-refractivity contribution in [3.63, 3.8) is 0 Å². The van der Waals surface area contributed by atoms with E-state index >= 15 is 0 Å². The van der Waals surface area contributed by atoms with Crippen LogP contribution in [0.5, 0.6) is 0 Å². The van der Waals surface area contributed by atoms with E-state index in [1.807, 2.05) is 0 Å². The number of ether oxygens (including phenoxy) is 2. The molecule has 4 rings (SSSR count). The van der Waals surface area contributed by atoms with Crippen LogP contribution >= 0.6 is 11.3 Å². The Morgan fingerprint density at radius 3 is 2.45 bits per heavy atom. The van der Waals surface area contributed by atoms with E-state index in [0.29, 0.717) is 9.97 Å². The van der Waals surface area contributed by atoms with Crippen molar-refractivity contribution < 1.29 is 23.9 Å². The topological polar surface area (TPSA) is 120 Å². The van der Waals surface area contributed by atoms with E-state index < -0.39 is 29.9 Å². The SMILES string of the molecule is COCc1nn2c(=O)cc(COC(=O)CN3C(=O)c4ccccc4C3=O)nc2s1. The fraction of sp³-hybridized carbons (Fsp3) is 0.222. The average molecular weight is 414 g/mol. The Bertz CT molecular complexity index is 1170. The number of aromatic nitrogens is 3. The fourth-order valence-electron chi connectivity index (χ4n) is 2.86. The molecule has 2 amide bonds. The number of hydrogen-bond donors (Lipinski definition) is 0. The summed E-state index contributed by atoms with van der Waals surface area (Å²) in [6, 6.07) is 7.55. The summed E-state index contributed by atoms with van der Waals surface area (Å²) in [5.74, 6) is -1.88. The molecule has 29 heavy (non-hydrogen) atoms.